The average Bonchev–Trinajstić information content (AvgIpc) is 2.88. The van der Waals surface area contributed by atoms with E-state index in [0.29, 0.717) is 12.0 Å². The topological polar surface area (TPSA) is 52.0 Å². The molecule has 1 aromatic rings. The number of ether oxygens (including phenoxy) is 1. The van der Waals surface area contributed by atoms with Crippen molar-refractivity contribution in [1.82, 2.24) is 20.1 Å². The normalized spacial score (nSPS) is 25.1. The molecule has 1 aromatic heterocycles. The zero-order valence-corrected chi connectivity index (χ0v) is 10.0. The third-order valence-corrected chi connectivity index (χ3v) is 3.24. The molecule has 0 amide bonds. The van der Waals surface area contributed by atoms with Gasteiger partial charge in [-0.15, -0.1) is 0 Å². The summed E-state index contributed by atoms with van der Waals surface area (Å²) < 4.78 is 7.45. The molecule has 1 fully saturated rings. The second-order valence-corrected chi connectivity index (χ2v) is 4.30. The molecular formula is C11H20N4O. The molecule has 0 spiro atoms. The highest BCUT2D eigenvalue weighted by molar-refractivity contribution is 4.84. The van der Waals surface area contributed by atoms with Gasteiger partial charge < -0.3 is 10.1 Å². The summed E-state index contributed by atoms with van der Waals surface area (Å²) in [4.78, 5) is 4.18. The summed E-state index contributed by atoms with van der Waals surface area (Å²) in [5, 5.41) is 7.47. The van der Waals surface area contributed by atoms with Crippen molar-refractivity contribution < 1.29 is 4.74 Å². The van der Waals surface area contributed by atoms with E-state index in [1.54, 1.807) is 11.0 Å². The highest BCUT2D eigenvalue weighted by atomic mass is 16.5. The van der Waals surface area contributed by atoms with Crippen molar-refractivity contribution in [3.63, 3.8) is 0 Å². The lowest BCUT2D eigenvalue weighted by atomic mass is 10.00. The summed E-state index contributed by atoms with van der Waals surface area (Å²) in [6, 6.07) is 0. The number of aryl methyl sites for hydroxylation is 1. The molecule has 1 aliphatic heterocycles. The first kappa shape index (κ1) is 11.5. The van der Waals surface area contributed by atoms with E-state index in [4.69, 9.17) is 4.74 Å². The Morgan fingerprint density at radius 2 is 2.50 bits per heavy atom. The first-order chi connectivity index (χ1) is 7.81. The number of nitrogens with one attached hydrogen (secondary N) is 1. The molecule has 0 bridgehead atoms. The van der Waals surface area contributed by atoms with Crippen LogP contribution in [-0.2, 0) is 18.3 Å². The fourth-order valence-corrected chi connectivity index (χ4v) is 2.23. The minimum Gasteiger partial charge on any atom is -0.378 e. The lowest BCUT2D eigenvalue weighted by molar-refractivity contribution is 0.0871. The molecule has 2 unspecified atom stereocenters. The van der Waals surface area contributed by atoms with Gasteiger partial charge in [0.15, 0.2) is 0 Å². The van der Waals surface area contributed by atoms with Gasteiger partial charge in [0, 0.05) is 20.2 Å². The lowest BCUT2D eigenvalue weighted by Crippen LogP contribution is -2.28. The van der Waals surface area contributed by atoms with Gasteiger partial charge in [0.2, 0.25) is 0 Å². The summed E-state index contributed by atoms with van der Waals surface area (Å²) in [6.07, 6.45) is 4.30. The highest BCUT2D eigenvalue weighted by Crippen LogP contribution is 2.22. The van der Waals surface area contributed by atoms with Crippen LogP contribution in [0.2, 0.25) is 0 Å². The van der Waals surface area contributed by atoms with Crippen molar-refractivity contribution >= 4 is 0 Å². The molecule has 5 nitrogen and oxygen atoms in total. The molecule has 5 heteroatoms. The van der Waals surface area contributed by atoms with Crippen molar-refractivity contribution in [1.29, 1.82) is 0 Å². The molecule has 90 valence electrons. The Morgan fingerprint density at radius 1 is 1.62 bits per heavy atom. The second-order valence-electron chi connectivity index (χ2n) is 4.30. The molecule has 1 N–H and O–H groups in total. The molecule has 0 radical (unpaired) electrons. The lowest BCUT2D eigenvalue weighted by Gasteiger charge is -2.16. The van der Waals surface area contributed by atoms with Crippen LogP contribution in [0.1, 0.15) is 25.6 Å². The predicted molar refractivity (Wildman–Crippen MR) is 60.8 cm³/mol. The van der Waals surface area contributed by atoms with Gasteiger partial charge in [-0.05, 0) is 18.8 Å². The van der Waals surface area contributed by atoms with Gasteiger partial charge in [-0.1, -0.05) is 6.92 Å². The SMILES string of the molecule is CCC1OCCC1CNCc1ncnn1C. The standard InChI is InChI=1S/C11H20N4O/c1-3-10-9(4-5-16-10)6-12-7-11-13-8-14-15(11)2/h8-10,12H,3-7H2,1-2H3. The fourth-order valence-electron chi connectivity index (χ4n) is 2.23. The molecule has 0 saturated carbocycles. The summed E-state index contributed by atoms with van der Waals surface area (Å²) in [5.41, 5.74) is 0. The van der Waals surface area contributed by atoms with Crippen LogP contribution in [0.3, 0.4) is 0 Å². The molecule has 0 aromatic carbocycles. The van der Waals surface area contributed by atoms with Gasteiger partial charge in [0.25, 0.3) is 0 Å². The van der Waals surface area contributed by atoms with Crippen LogP contribution in [0.4, 0.5) is 0 Å². The minimum absolute atomic E-state index is 0.437. The van der Waals surface area contributed by atoms with Gasteiger partial charge in [0.1, 0.15) is 12.2 Å². The van der Waals surface area contributed by atoms with Gasteiger partial charge in [0.05, 0.1) is 12.6 Å². The molecule has 1 aliphatic rings. The van der Waals surface area contributed by atoms with Crippen LogP contribution in [0.5, 0.6) is 0 Å². The van der Waals surface area contributed by atoms with Crippen molar-refractivity contribution in [3.8, 4) is 0 Å². The van der Waals surface area contributed by atoms with Crippen molar-refractivity contribution in [3.05, 3.63) is 12.2 Å². The van der Waals surface area contributed by atoms with E-state index in [1.165, 1.54) is 6.42 Å². The van der Waals surface area contributed by atoms with E-state index in [-0.39, 0.29) is 0 Å². The van der Waals surface area contributed by atoms with Crippen LogP contribution in [0.15, 0.2) is 6.33 Å². The molecule has 0 aliphatic carbocycles. The molecule has 2 rings (SSSR count). The Kier molecular flexibility index (Phi) is 3.90. The van der Waals surface area contributed by atoms with Crippen LogP contribution in [0, 0.1) is 5.92 Å². The average molecular weight is 224 g/mol. The van der Waals surface area contributed by atoms with Gasteiger partial charge in [-0.2, -0.15) is 5.10 Å². The summed E-state index contributed by atoms with van der Waals surface area (Å²) in [5.74, 6) is 1.63. The van der Waals surface area contributed by atoms with E-state index in [2.05, 4.69) is 22.3 Å². The number of aromatic nitrogens is 3. The maximum Gasteiger partial charge on any atom is 0.140 e. The second kappa shape index (κ2) is 5.41. The summed E-state index contributed by atoms with van der Waals surface area (Å²) in [7, 11) is 1.91. The largest absolute Gasteiger partial charge is 0.378 e. The Balaban J connectivity index is 1.74. The Bertz CT molecular complexity index is 326. The zero-order chi connectivity index (χ0) is 11.4. The minimum atomic E-state index is 0.437. The van der Waals surface area contributed by atoms with E-state index in [1.807, 2.05) is 7.05 Å². The molecule has 1 saturated heterocycles. The third-order valence-electron chi connectivity index (χ3n) is 3.24. The number of hydrogen-bond acceptors (Lipinski definition) is 4. The van der Waals surface area contributed by atoms with Crippen LogP contribution < -0.4 is 5.32 Å². The fraction of sp³-hybridized carbons (Fsp3) is 0.818. The van der Waals surface area contributed by atoms with Crippen molar-refractivity contribution in [2.75, 3.05) is 13.2 Å². The van der Waals surface area contributed by atoms with E-state index in [9.17, 15) is 0 Å². The highest BCUT2D eigenvalue weighted by Gasteiger charge is 2.25. The van der Waals surface area contributed by atoms with Crippen LogP contribution >= 0.6 is 0 Å². The molecule has 2 atom stereocenters. The Hall–Kier alpha value is -0.940. The van der Waals surface area contributed by atoms with Gasteiger partial charge in [-0.25, -0.2) is 4.98 Å². The Labute approximate surface area is 96.2 Å². The maximum atomic E-state index is 5.65. The molecular weight excluding hydrogens is 204 g/mol. The van der Waals surface area contributed by atoms with E-state index >= 15 is 0 Å². The molecule has 2 heterocycles. The Morgan fingerprint density at radius 3 is 3.19 bits per heavy atom. The third kappa shape index (κ3) is 2.59. The van der Waals surface area contributed by atoms with Crippen LogP contribution in [-0.4, -0.2) is 34.0 Å². The smallest absolute Gasteiger partial charge is 0.140 e. The first-order valence-electron chi connectivity index (χ1n) is 5.96. The van der Waals surface area contributed by atoms with Crippen molar-refractivity contribution in [2.24, 2.45) is 13.0 Å². The quantitative estimate of drug-likeness (QED) is 0.800. The maximum absolute atomic E-state index is 5.65. The number of hydrogen-bond donors (Lipinski definition) is 1. The number of nitrogens with zero attached hydrogens (tertiary/aromatic N) is 3. The van der Waals surface area contributed by atoms with Crippen LogP contribution in [0.25, 0.3) is 0 Å². The van der Waals surface area contributed by atoms with Crippen molar-refractivity contribution in [2.45, 2.75) is 32.4 Å². The monoisotopic (exact) mass is 224 g/mol. The number of rotatable bonds is 5. The molecule has 16 heavy (non-hydrogen) atoms. The van der Waals surface area contributed by atoms with Gasteiger partial charge >= 0.3 is 0 Å². The van der Waals surface area contributed by atoms with E-state index < -0.39 is 0 Å². The van der Waals surface area contributed by atoms with E-state index in [0.717, 1.165) is 31.9 Å². The predicted octanol–water partition coefficient (Wildman–Crippen LogP) is 0.720. The first-order valence-corrected chi connectivity index (χ1v) is 5.96. The summed E-state index contributed by atoms with van der Waals surface area (Å²) in [6.45, 7) is 4.88. The van der Waals surface area contributed by atoms with Gasteiger partial charge in [-0.3, -0.25) is 4.68 Å². The zero-order valence-electron chi connectivity index (χ0n) is 10.0. The summed E-state index contributed by atoms with van der Waals surface area (Å²) >= 11 is 0.